The van der Waals surface area contributed by atoms with E-state index in [9.17, 15) is 5.11 Å². The van der Waals surface area contributed by atoms with Gasteiger partial charge in [0.25, 0.3) is 0 Å². The highest BCUT2D eigenvalue weighted by Crippen LogP contribution is 2.27. The number of hydrogen-bond donors (Lipinski definition) is 2. The van der Waals surface area contributed by atoms with E-state index >= 15 is 0 Å². The van der Waals surface area contributed by atoms with Gasteiger partial charge in [0.15, 0.2) is 0 Å². The van der Waals surface area contributed by atoms with E-state index in [0.29, 0.717) is 0 Å². The van der Waals surface area contributed by atoms with E-state index in [-0.39, 0.29) is 24.4 Å². The van der Waals surface area contributed by atoms with Gasteiger partial charge < -0.3 is 10.8 Å². The second kappa shape index (κ2) is 7.13. The van der Waals surface area contributed by atoms with Crippen molar-refractivity contribution in [2.75, 3.05) is 0 Å². The van der Waals surface area contributed by atoms with Gasteiger partial charge in [-0.05, 0) is 43.4 Å². The Kier molecular flexibility index (Phi) is 6.90. The van der Waals surface area contributed by atoms with Gasteiger partial charge >= 0.3 is 0 Å². The molecule has 1 rings (SSSR count). The largest absolute Gasteiger partial charge is 0.391 e. The molecule has 0 aliphatic rings. The highest BCUT2D eigenvalue weighted by molar-refractivity contribution is 5.85. The Morgan fingerprint density at radius 3 is 2.00 bits per heavy atom. The van der Waals surface area contributed by atoms with Crippen molar-refractivity contribution in [3.05, 3.63) is 34.4 Å². The maximum atomic E-state index is 10.2. The molecule has 0 heterocycles. The molecule has 0 radical (unpaired) electrons. The molecule has 0 spiro atoms. The Hall–Kier alpha value is -0.570. The van der Waals surface area contributed by atoms with E-state index in [1.807, 2.05) is 6.92 Å². The summed E-state index contributed by atoms with van der Waals surface area (Å²) in [5.74, 6) is 0.227. The minimum atomic E-state index is -0.472. The molecule has 0 saturated heterocycles. The summed E-state index contributed by atoms with van der Waals surface area (Å²) in [6, 6.07) is 3.97. The number of nitrogens with two attached hydrogens (primary N) is 1. The van der Waals surface area contributed by atoms with Gasteiger partial charge in [-0.3, -0.25) is 0 Å². The Bertz CT molecular complexity index is 369. The number of halogens is 1. The zero-order chi connectivity index (χ0) is 13.2. The summed E-state index contributed by atoms with van der Waals surface area (Å²) in [5.41, 5.74) is 10.9. The van der Waals surface area contributed by atoms with Crippen molar-refractivity contribution in [3.63, 3.8) is 0 Å². The first kappa shape index (κ1) is 17.4. The van der Waals surface area contributed by atoms with Crippen molar-refractivity contribution in [2.24, 2.45) is 11.7 Å². The van der Waals surface area contributed by atoms with Crippen LogP contribution in [0.5, 0.6) is 0 Å². The van der Waals surface area contributed by atoms with Gasteiger partial charge in [-0.2, -0.15) is 0 Å². The molecule has 0 fully saturated rings. The topological polar surface area (TPSA) is 46.2 Å². The summed E-state index contributed by atoms with van der Waals surface area (Å²) < 4.78 is 0. The van der Waals surface area contributed by atoms with Crippen LogP contribution in [0, 0.1) is 26.7 Å². The number of aliphatic hydroxyl groups is 1. The molecule has 1 aromatic carbocycles. The zero-order valence-corrected chi connectivity index (χ0v) is 12.8. The Balaban J connectivity index is 0.00000289. The average Bonchev–Trinajstić information content (AvgIpc) is 2.25. The number of hydrogen-bond acceptors (Lipinski definition) is 2. The van der Waals surface area contributed by atoms with Crippen LogP contribution in [0.3, 0.4) is 0 Å². The molecule has 3 atom stereocenters. The highest BCUT2D eigenvalue weighted by atomic mass is 35.5. The van der Waals surface area contributed by atoms with Crippen LogP contribution in [0.1, 0.15) is 48.6 Å². The Morgan fingerprint density at radius 1 is 1.17 bits per heavy atom. The van der Waals surface area contributed by atoms with Crippen LogP contribution in [-0.4, -0.2) is 11.2 Å². The lowest BCUT2D eigenvalue weighted by atomic mass is 9.86. The van der Waals surface area contributed by atoms with Gasteiger partial charge in [0.1, 0.15) is 0 Å². The van der Waals surface area contributed by atoms with Crippen molar-refractivity contribution in [1.29, 1.82) is 0 Å². The molecular formula is C15H26ClNO. The molecule has 0 aliphatic carbocycles. The average molecular weight is 272 g/mol. The van der Waals surface area contributed by atoms with Gasteiger partial charge in [0, 0.05) is 0 Å². The van der Waals surface area contributed by atoms with Crippen molar-refractivity contribution >= 4 is 12.4 Å². The van der Waals surface area contributed by atoms with Crippen LogP contribution < -0.4 is 5.73 Å². The third-order valence-electron chi connectivity index (χ3n) is 3.67. The second-order valence-electron chi connectivity index (χ2n) is 5.21. The predicted molar refractivity (Wildman–Crippen MR) is 80.3 cm³/mol. The predicted octanol–water partition coefficient (Wildman–Crippen LogP) is 3.44. The van der Waals surface area contributed by atoms with Gasteiger partial charge in [-0.15, -0.1) is 12.4 Å². The molecule has 1 unspecified atom stereocenters. The highest BCUT2D eigenvalue weighted by Gasteiger charge is 2.24. The first-order valence-corrected chi connectivity index (χ1v) is 6.39. The summed E-state index contributed by atoms with van der Waals surface area (Å²) in [5, 5.41) is 10.2. The minimum Gasteiger partial charge on any atom is -0.391 e. The monoisotopic (exact) mass is 271 g/mol. The maximum Gasteiger partial charge on any atom is 0.0758 e. The van der Waals surface area contributed by atoms with Crippen LogP contribution >= 0.6 is 12.4 Å². The van der Waals surface area contributed by atoms with Crippen LogP contribution in [0.15, 0.2) is 12.1 Å². The minimum absolute atomic E-state index is 0. The summed E-state index contributed by atoms with van der Waals surface area (Å²) in [6.07, 6.45) is 0.471. The molecular weight excluding hydrogens is 246 g/mol. The smallest absolute Gasteiger partial charge is 0.0758 e. The molecule has 2 nitrogen and oxygen atoms in total. The maximum absolute atomic E-state index is 10.2. The molecule has 0 amide bonds. The van der Waals surface area contributed by atoms with Gasteiger partial charge in [0.05, 0.1) is 12.1 Å². The van der Waals surface area contributed by atoms with E-state index in [0.717, 1.165) is 12.0 Å². The van der Waals surface area contributed by atoms with Crippen molar-refractivity contribution < 1.29 is 5.11 Å². The molecule has 3 N–H and O–H groups in total. The SMILES string of the molecule is CCC(C)[C@@H](O)[C@@H](N)c1c(C)cc(C)cc1C.Cl. The van der Waals surface area contributed by atoms with Crippen molar-refractivity contribution in [1.82, 2.24) is 0 Å². The summed E-state index contributed by atoms with van der Waals surface area (Å²) in [7, 11) is 0. The first-order chi connectivity index (χ1) is 7.88. The number of rotatable bonds is 4. The molecule has 0 saturated carbocycles. The lowest BCUT2D eigenvalue weighted by Gasteiger charge is -2.27. The summed E-state index contributed by atoms with van der Waals surface area (Å²) in [4.78, 5) is 0. The lowest BCUT2D eigenvalue weighted by molar-refractivity contribution is 0.0875. The molecule has 0 bridgehead atoms. The molecule has 18 heavy (non-hydrogen) atoms. The van der Waals surface area contributed by atoms with Crippen LogP contribution in [0.25, 0.3) is 0 Å². The van der Waals surface area contributed by atoms with Gasteiger partial charge in [-0.25, -0.2) is 0 Å². The van der Waals surface area contributed by atoms with E-state index in [2.05, 4.69) is 39.8 Å². The fourth-order valence-electron chi connectivity index (χ4n) is 2.48. The molecule has 104 valence electrons. The summed E-state index contributed by atoms with van der Waals surface area (Å²) >= 11 is 0. The fraction of sp³-hybridized carbons (Fsp3) is 0.600. The summed E-state index contributed by atoms with van der Waals surface area (Å²) in [6.45, 7) is 10.3. The molecule has 1 aromatic rings. The normalized spacial score (nSPS) is 15.7. The third-order valence-corrected chi connectivity index (χ3v) is 3.67. The number of aliphatic hydroxyl groups excluding tert-OH is 1. The fourth-order valence-corrected chi connectivity index (χ4v) is 2.48. The van der Waals surface area contributed by atoms with E-state index in [4.69, 9.17) is 5.73 Å². The van der Waals surface area contributed by atoms with E-state index < -0.39 is 6.10 Å². The Labute approximate surface area is 117 Å². The van der Waals surface area contributed by atoms with Crippen LogP contribution in [0.2, 0.25) is 0 Å². The quantitative estimate of drug-likeness (QED) is 0.881. The van der Waals surface area contributed by atoms with Crippen LogP contribution in [-0.2, 0) is 0 Å². The second-order valence-corrected chi connectivity index (χ2v) is 5.21. The molecule has 0 aliphatic heterocycles. The number of benzene rings is 1. The van der Waals surface area contributed by atoms with Gasteiger partial charge in [0.2, 0.25) is 0 Å². The molecule has 3 heteroatoms. The molecule has 0 aromatic heterocycles. The van der Waals surface area contributed by atoms with Crippen molar-refractivity contribution in [2.45, 2.75) is 53.2 Å². The van der Waals surface area contributed by atoms with Crippen molar-refractivity contribution in [3.8, 4) is 0 Å². The third kappa shape index (κ3) is 3.71. The van der Waals surface area contributed by atoms with E-state index in [1.54, 1.807) is 0 Å². The standard InChI is InChI=1S/C15H25NO.ClH/c1-6-10(3)15(17)14(16)13-11(4)7-9(2)8-12(13)5;/h7-8,10,14-15,17H,6,16H2,1-5H3;1H/t10?,14-,15+;/m0./s1. The van der Waals surface area contributed by atoms with E-state index in [1.165, 1.54) is 16.7 Å². The van der Waals surface area contributed by atoms with Crippen LogP contribution in [0.4, 0.5) is 0 Å². The Morgan fingerprint density at radius 2 is 1.61 bits per heavy atom. The first-order valence-electron chi connectivity index (χ1n) is 6.39. The number of aryl methyl sites for hydroxylation is 3. The van der Waals surface area contributed by atoms with Gasteiger partial charge in [-0.1, -0.05) is 38.0 Å². The zero-order valence-electron chi connectivity index (χ0n) is 12.0. The lowest BCUT2D eigenvalue weighted by Crippen LogP contribution is -2.32.